The molecule has 2 heterocycles. The van der Waals surface area contributed by atoms with Crippen LogP contribution < -0.4 is 15.4 Å². The van der Waals surface area contributed by atoms with Gasteiger partial charge in [0.1, 0.15) is 4.21 Å². The van der Waals surface area contributed by atoms with Crippen molar-refractivity contribution >= 4 is 27.3 Å². The predicted molar refractivity (Wildman–Crippen MR) is 87.5 cm³/mol. The fourth-order valence-corrected chi connectivity index (χ4v) is 4.52. The summed E-state index contributed by atoms with van der Waals surface area (Å²) in [6.45, 7) is 4.03. The quantitative estimate of drug-likeness (QED) is 0.634. The van der Waals surface area contributed by atoms with Crippen LogP contribution in [0.15, 0.2) is 28.0 Å². The number of hydrogen-bond acceptors (Lipinski definition) is 5. The molecule has 1 aromatic rings. The van der Waals surface area contributed by atoms with Gasteiger partial charge in [0.25, 0.3) is 0 Å². The van der Waals surface area contributed by atoms with Gasteiger partial charge in [-0.25, -0.2) is 13.1 Å². The van der Waals surface area contributed by atoms with Crippen LogP contribution in [0, 0.1) is 0 Å². The number of nitrogens with one attached hydrogen (secondary N) is 3. The van der Waals surface area contributed by atoms with Crippen molar-refractivity contribution in [3.8, 4) is 0 Å². The largest absolute Gasteiger partial charge is 0.356 e. The molecule has 0 saturated carbocycles. The van der Waals surface area contributed by atoms with Gasteiger partial charge in [-0.3, -0.25) is 4.79 Å². The summed E-state index contributed by atoms with van der Waals surface area (Å²) in [4.78, 5) is 11.8. The van der Waals surface area contributed by atoms with Crippen LogP contribution in [0.25, 0.3) is 0 Å². The van der Waals surface area contributed by atoms with E-state index < -0.39 is 10.0 Å². The molecule has 2 rings (SSSR count). The zero-order valence-electron chi connectivity index (χ0n) is 12.5. The molecule has 3 N–H and O–H groups in total. The smallest absolute Gasteiger partial charge is 0.250 e. The van der Waals surface area contributed by atoms with E-state index in [9.17, 15) is 13.2 Å². The van der Waals surface area contributed by atoms with E-state index in [1.54, 1.807) is 12.1 Å². The van der Waals surface area contributed by atoms with Gasteiger partial charge in [0.15, 0.2) is 0 Å². The molecule has 0 saturated heterocycles. The molecule has 0 radical (unpaired) electrons. The Balaban J connectivity index is 1.90. The van der Waals surface area contributed by atoms with E-state index in [-0.39, 0.29) is 5.91 Å². The average Bonchev–Trinajstić information content (AvgIpc) is 2.96. The lowest BCUT2D eigenvalue weighted by molar-refractivity contribution is -0.118. The number of carbonyl (C=O) groups excluding carboxylic acids is 1. The Morgan fingerprint density at radius 3 is 2.91 bits per heavy atom. The molecule has 0 fully saturated rings. The van der Waals surface area contributed by atoms with Gasteiger partial charge in [0.05, 0.1) is 0 Å². The number of amides is 1. The molecule has 0 atom stereocenters. The van der Waals surface area contributed by atoms with E-state index >= 15 is 0 Å². The second-order valence-corrected chi connectivity index (χ2v) is 8.26. The Bertz CT molecular complexity index is 650. The molecule has 0 aliphatic carbocycles. The highest BCUT2D eigenvalue weighted by molar-refractivity contribution is 7.91. The molecule has 22 heavy (non-hydrogen) atoms. The molecule has 0 spiro atoms. The molecular formula is C14H21N3O3S2. The van der Waals surface area contributed by atoms with E-state index in [0.29, 0.717) is 23.7 Å². The van der Waals surface area contributed by atoms with Gasteiger partial charge in [-0.05, 0) is 31.5 Å². The first kappa shape index (κ1) is 17.1. The fraction of sp³-hybridized carbons (Fsp3) is 0.500. The van der Waals surface area contributed by atoms with E-state index in [0.717, 1.165) is 30.0 Å². The van der Waals surface area contributed by atoms with Gasteiger partial charge in [0, 0.05) is 31.4 Å². The molecule has 1 aliphatic rings. The summed E-state index contributed by atoms with van der Waals surface area (Å²) < 4.78 is 27.5. The van der Waals surface area contributed by atoms with Gasteiger partial charge in [-0.1, -0.05) is 11.6 Å². The van der Waals surface area contributed by atoms with Gasteiger partial charge < -0.3 is 10.6 Å². The summed E-state index contributed by atoms with van der Waals surface area (Å²) in [6, 6.07) is 3.41. The normalized spacial score (nSPS) is 15.4. The van der Waals surface area contributed by atoms with E-state index in [2.05, 4.69) is 15.4 Å². The summed E-state index contributed by atoms with van der Waals surface area (Å²) in [5.41, 5.74) is 1.12. The molecule has 122 valence electrons. The Kier molecular flexibility index (Phi) is 6.13. The van der Waals surface area contributed by atoms with Crippen LogP contribution in [0.3, 0.4) is 0 Å². The topological polar surface area (TPSA) is 87.3 Å². The molecule has 0 bridgehead atoms. The molecule has 0 unspecified atom stereocenters. The standard InChI is InChI=1S/C14H21N3O3S2/c1-11(18)16-9-6-13-2-3-14(21-13)22(19,20)17-10-12-4-7-15-8-5-12/h2-4,15,17H,5-10H2,1H3,(H,16,18). The molecule has 1 aliphatic heterocycles. The molecular weight excluding hydrogens is 322 g/mol. The van der Waals surface area contributed by atoms with Crippen LogP contribution in [0.4, 0.5) is 0 Å². The maximum Gasteiger partial charge on any atom is 0.250 e. The first-order chi connectivity index (χ1) is 10.5. The monoisotopic (exact) mass is 343 g/mol. The van der Waals surface area contributed by atoms with Crippen molar-refractivity contribution in [1.29, 1.82) is 0 Å². The summed E-state index contributed by atoms with van der Waals surface area (Å²) in [5, 5.41) is 5.89. The number of carbonyl (C=O) groups is 1. The first-order valence-corrected chi connectivity index (χ1v) is 9.49. The summed E-state index contributed by atoms with van der Waals surface area (Å²) in [5.74, 6) is -0.0821. The number of rotatable bonds is 7. The summed E-state index contributed by atoms with van der Waals surface area (Å²) in [6.07, 6.45) is 3.53. The molecule has 8 heteroatoms. The van der Waals surface area contributed by atoms with Crippen molar-refractivity contribution < 1.29 is 13.2 Å². The Morgan fingerprint density at radius 1 is 1.41 bits per heavy atom. The fourth-order valence-electron chi connectivity index (χ4n) is 2.09. The third kappa shape index (κ3) is 5.20. The summed E-state index contributed by atoms with van der Waals surface area (Å²) in [7, 11) is -3.46. The van der Waals surface area contributed by atoms with Crippen molar-refractivity contribution in [2.75, 3.05) is 26.2 Å². The molecule has 1 aromatic heterocycles. The molecule has 0 aromatic carbocycles. The lowest BCUT2D eigenvalue weighted by Gasteiger charge is -2.14. The van der Waals surface area contributed by atoms with Crippen molar-refractivity contribution in [3.05, 3.63) is 28.7 Å². The minimum absolute atomic E-state index is 0.0821. The Morgan fingerprint density at radius 2 is 2.23 bits per heavy atom. The maximum absolute atomic E-state index is 12.3. The van der Waals surface area contributed by atoms with Crippen LogP contribution in [-0.4, -0.2) is 40.5 Å². The molecule has 1 amide bonds. The Labute approximate surface area is 135 Å². The maximum atomic E-state index is 12.3. The number of sulfonamides is 1. The average molecular weight is 343 g/mol. The van der Waals surface area contributed by atoms with Gasteiger partial charge in [0.2, 0.25) is 15.9 Å². The lowest BCUT2D eigenvalue weighted by atomic mass is 10.1. The zero-order valence-corrected chi connectivity index (χ0v) is 14.1. The second kappa shape index (κ2) is 7.87. The Hall–Kier alpha value is -1.22. The highest BCUT2D eigenvalue weighted by atomic mass is 32.2. The van der Waals surface area contributed by atoms with Crippen LogP contribution in [0.2, 0.25) is 0 Å². The summed E-state index contributed by atoms with van der Waals surface area (Å²) >= 11 is 1.24. The van der Waals surface area contributed by atoms with Gasteiger partial charge in [-0.2, -0.15) is 0 Å². The highest BCUT2D eigenvalue weighted by Crippen LogP contribution is 2.22. The third-order valence-corrected chi connectivity index (χ3v) is 6.33. The van der Waals surface area contributed by atoms with Gasteiger partial charge >= 0.3 is 0 Å². The van der Waals surface area contributed by atoms with Crippen molar-refractivity contribution in [1.82, 2.24) is 15.4 Å². The molecule has 6 nitrogen and oxygen atoms in total. The SMILES string of the molecule is CC(=O)NCCc1ccc(S(=O)(=O)NCC2=CCNCC2)s1. The van der Waals surface area contributed by atoms with Crippen LogP contribution in [0.1, 0.15) is 18.2 Å². The van der Waals surface area contributed by atoms with E-state index in [4.69, 9.17) is 0 Å². The van der Waals surface area contributed by atoms with Gasteiger partial charge in [-0.15, -0.1) is 11.3 Å². The van der Waals surface area contributed by atoms with Crippen molar-refractivity contribution in [3.63, 3.8) is 0 Å². The minimum Gasteiger partial charge on any atom is -0.356 e. The predicted octanol–water partition coefficient (Wildman–Crippen LogP) is 0.625. The van der Waals surface area contributed by atoms with Crippen LogP contribution >= 0.6 is 11.3 Å². The van der Waals surface area contributed by atoms with Crippen molar-refractivity contribution in [2.24, 2.45) is 0 Å². The van der Waals surface area contributed by atoms with Crippen molar-refractivity contribution in [2.45, 2.75) is 24.0 Å². The van der Waals surface area contributed by atoms with E-state index in [1.165, 1.54) is 18.3 Å². The highest BCUT2D eigenvalue weighted by Gasteiger charge is 2.17. The minimum atomic E-state index is -3.46. The van der Waals surface area contributed by atoms with Crippen LogP contribution in [-0.2, 0) is 21.2 Å². The third-order valence-electron chi connectivity index (χ3n) is 3.29. The number of hydrogen-bond donors (Lipinski definition) is 3. The number of thiophene rings is 1. The first-order valence-electron chi connectivity index (χ1n) is 7.19. The van der Waals surface area contributed by atoms with E-state index in [1.807, 2.05) is 6.08 Å². The second-order valence-electron chi connectivity index (χ2n) is 5.09. The van der Waals surface area contributed by atoms with Crippen LogP contribution in [0.5, 0.6) is 0 Å². The zero-order chi connectivity index (χ0) is 16.0. The lowest BCUT2D eigenvalue weighted by Crippen LogP contribution is -2.29.